The highest BCUT2D eigenvalue weighted by atomic mass is 32.3. The lowest BCUT2D eigenvalue weighted by atomic mass is 10.1. The number of benzene rings is 3. The Bertz CT molecular complexity index is 738. The van der Waals surface area contributed by atoms with Gasteiger partial charge in [0.1, 0.15) is 0 Å². The normalized spacial score (nSPS) is 20.3. The average Bonchev–Trinajstić information content (AvgIpc) is 3.34. The topological polar surface area (TPSA) is 0 Å². The van der Waals surface area contributed by atoms with Crippen LogP contribution in [0.4, 0.5) is 0 Å². The molecular weight excluding hydrogens is 284 g/mol. The first-order chi connectivity index (χ1) is 10.8. The molecule has 1 aliphatic rings. The molecule has 0 bridgehead atoms. The van der Waals surface area contributed by atoms with E-state index in [0.29, 0.717) is 5.25 Å². The molecule has 110 valence electrons. The van der Waals surface area contributed by atoms with Crippen molar-refractivity contribution in [3.05, 3.63) is 96.1 Å². The van der Waals surface area contributed by atoms with Gasteiger partial charge in [-0.15, -0.1) is 0 Å². The van der Waals surface area contributed by atoms with Crippen molar-refractivity contribution in [2.75, 3.05) is 5.75 Å². The fourth-order valence-corrected chi connectivity index (χ4v) is 7.59. The van der Waals surface area contributed by atoms with Crippen molar-refractivity contribution in [1.82, 2.24) is 0 Å². The lowest BCUT2D eigenvalue weighted by Gasteiger charge is -2.24. The van der Waals surface area contributed by atoms with E-state index in [9.17, 15) is 0 Å². The fourth-order valence-electron chi connectivity index (χ4n) is 3.38. The van der Waals surface area contributed by atoms with E-state index >= 15 is 0 Å². The van der Waals surface area contributed by atoms with E-state index in [4.69, 9.17) is 0 Å². The molecule has 1 unspecified atom stereocenters. The Morgan fingerprint density at radius 3 is 1.86 bits per heavy atom. The smallest absolute Gasteiger partial charge is 0.0299 e. The van der Waals surface area contributed by atoms with Crippen LogP contribution in [0.5, 0.6) is 0 Å². The number of rotatable bonds is 3. The zero-order chi connectivity index (χ0) is 15.0. The van der Waals surface area contributed by atoms with Crippen molar-refractivity contribution in [2.24, 2.45) is 0 Å². The molecular formula is C21H20S. The summed E-state index contributed by atoms with van der Waals surface area (Å²) in [5, 5.41) is 0.664. The Balaban J connectivity index is 1.83. The maximum Gasteiger partial charge on any atom is 0.0299 e. The molecule has 0 amide bonds. The van der Waals surface area contributed by atoms with E-state index in [1.54, 1.807) is 0 Å². The monoisotopic (exact) mass is 304 g/mol. The molecule has 1 heteroatoms. The molecule has 0 spiro atoms. The molecule has 0 aromatic heterocycles. The largest absolute Gasteiger partial charge is 0.178 e. The Labute approximate surface area is 134 Å². The number of aryl methyl sites for hydroxylation is 1. The van der Waals surface area contributed by atoms with Crippen LogP contribution >= 0.6 is 10.0 Å². The SMILES string of the molecule is Cc1cccc(C2CS2(c2ccccc2)c2ccccc2)c1. The molecule has 0 saturated carbocycles. The number of hydrogen-bond donors (Lipinski definition) is 0. The van der Waals surface area contributed by atoms with Crippen LogP contribution < -0.4 is 0 Å². The molecule has 0 N–H and O–H groups in total. The van der Waals surface area contributed by atoms with Crippen LogP contribution in [0, 0.1) is 6.92 Å². The summed E-state index contributed by atoms with van der Waals surface area (Å²) in [7, 11) is -0.900. The molecule has 22 heavy (non-hydrogen) atoms. The van der Waals surface area contributed by atoms with E-state index in [0.717, 1.165) is 0 Å². The lowest BCUT2D eigenvalue weighted by Crippen LogP contribution is -1.89. The third kappa shape index (κ3) is 2.17. The predicted molar refractivity (Wildman–Crippen MR) is 95.8 cm³/mol. The van der Waals surface area contributed by atoms with Crippen molar-refractivity contribution >= 4 is 10.0 Å². The van der Waals surface area contributed by atoms with Crippen LogP contribution in [0.3, 0.4) is 0 Å². The second-order valence-electron chi connectivity index (χ2n) is 5.99. The van der Waals surface area contributed by atoms with Gasteiger partial charge in [0.05, 0.1) is 0 Å². The summed E-state index contributed by atoms with van der Waals surface area (Å²) in [4.78, 5) is 3.04. The van der Waals surface area contributed by atoms with Gasteiger partial charge in [-0.2, -0.15) is 10.0 Å². The van der Waals surface area contributed by atoms with Crippen molar-refractivity contribution in [3.8, 4) is 0 Å². The summed E-state index contributed by atoms with van der Waals surface area (Å²) in [6.45, 7) is 2.19. The van der Waals surface area contributed by atoms with E-state index in [2.05, 4.69) is 91.9 Å². The minimum atomic E-state index is -0.900. The van der Waals surface area contributed by atoms with Crippen LogP contribution in [0.1, 0.15) is 16.4 Å². The standard InChI is InChI=1S/C21H20S/c1-17-9-8-10-18(15-17)21-16-22(21,19-11-4-2-5-12-19)20-13-6-3-7-14-20/h2-15,21H,16H2,1H3. The molecule has 0 nitrogen and oxygen atoms in total. The van der Waals surface area contributed by atoms with Gasteiger partial charge in [0.25, 0.3) is 0 Å². The van der Waals surface area contributed by atoms with Gasteiger partial charge in [0.2, 0.25) is 0 Å². The van der Waals surface area contributed by atoms with Crippen molar-refractivity contribution < 1.29 is 0 Å². The minimum absolute atomic E-state index is 0.664. The predicted octanol–water partition coefficient (Wildman–Crippen LogP) is 5.97. The fraction of sp³-hybridized carbons (Fsp3) is 0.143. The summed E-state index contributed by atoms with van der Waals surface area (Å²) >= 11 is 0. The molecule has 3 aromatic rings. The van der Waals surface area contributed by atoms with Gasteiger partial charge in [0, 0.05) is 11.0 Å². The van der Waals surface area contributed by atoms with Gasteiger partial charge in [0.15, 0.2) is 0 Å². The van der Waals surface area contributed by atoms with Crippen molar-refractivity contribution in [1.29, 1.82) is 0 Å². The van der Waals surface area contributed by atoms with E-state index in [1.165, 1.54) is 26.7 Å². The molecule has 1 fully saturated rings. The van der Waals surface area contributed by atoms with E-state index in [1.807, 2.05) is 0 Å². The van der Waals surface area contributed by atoms with E-state index in [-0.39, 0.29) is 0 Å². The summed E-state index contributed by atoms with van der Waals surface area (Å²) in [6.07, 6.45) is 0. The maximum absolute atomic E-state index is 2.37. The van der Waals surface area contributed by atoms with Crippen molar-refractivity contribution in [3.63, 3.8) is 0 Å². The first-order valence-corrected chi connectivity index (χ1v) is 9.64. The van der Waals surface area contributed by atoms with E-state index < -0.39 is 10.0 Å². The van der Waals surface area contributed by atoms with Crippen molar-refractivity contribution in [2.45, 2.75) is 22.0 Å². The van der Waals surface area contributed by atoms with Gasteiger partial charge in [-0.1, -0.05) is 66.2 Å². The van der Waals surface area contributed by atoms with Crippen LogP contribution in [-0.2, 0) is 0 Å². The highest BCUT2D eigenvalue weighted by molar-refractivity contribution is 8.39. The molecule has 1 saturated heterocycles. The summed E-state index contributed by atoms with van der Waals surface area (Å²) in [5.74, 6) is 1.28. The molecule has 0 aliphatic carbocycles. The molecule has 1 aliphatic heterocycles. The van der Waals surface area contributed by atoms with Crippen LogP contribution in [0.15, 0.2) is 94.7 Å². The van der Waals surface area contributed by atoms with Gasteiger partial charge < -0.3 is 0 Å². The molecule has 4 rings (SSSR count). The molecule has 1 atom stereocenters. The molecule has 1 heterocycles. The first-order valence-electron chi connectivity index (χ1n) is 7.77. The van der Waals surface area contributed by atoms with Crippen LogP contribution in [0.25, 0.3) is 0 Å². The number of hydrogen-bond acceptors (Lipinski definition) is 0. The Morgan fingerprint density at radius 1 is 0.727 bits per heavy atom. The minimum Gasteiger partial charge on any atom is -0.178 e. The Morgan fingerprint density at radius 2 is 1.32 bits per heavy atom. The Kier molecular flexibility index (Phi) is 3.31. The highest BCUT2D eigenvalue weighted by Gasteiger charge is 2.52. The average molecular weight is 304 g/mol. The Hall–Kier alpha value is -1.99. The second kappa shape index (κ2) is 5.33. The molecule has 3 aromatic carbocycles. The second-order valence-corrected chi connectivity index (χ2v) is 9.42. The zero-order valence-corrected chi connectivity index (χ0v) is 13.6. The summed E-state index contributed by atoms with van der Waals surface area (Å²) < 4.78 is 0. The van der Waals surface area contributed by atoms with Crippen LogP contribution in [0.2, 0.25) is 0 Å². The lowest BCUT2D eigenvalue weighted by molar-refractivity contribution is 1.20. The maximum atomic E-state index is 2.37. The third-order valence-electron chi connectivity index (χ3n) is 4.53. The highest BCUT2D eigenvalue weighted by Crippen LogP contribution is 2.85. The molecule has 0 radical (unpaired) electrons. The quantitative estimate of drug-likeness (QED) is 0.523. The third-order valence-corrected chi connectivity index (χ3v) is 8.59. The first kappa shape index (κ1) is 13.7. The van der Waals surface area contributed by atoms with Gasteiger partial charge in [-0.05, 0) is 46.5 Å². The van der Waals surface area contributed by atoms with Crippen LogP contribution in [-0.4, -0.2) is 5.75 Å². The summed E-state index contributed by atoms with van der Waals surface area (Å²) in [6, 6.07) is 31.3. The summed E-state index contributed by atoms with van der Waals surface area (Å²) in [5.41, 5.74) is 2.86. The van der Waals surface area contributed by atoms with Gasteiger partial charge in [-0.25, -0.2) is 0 Å². The zero-order valence-electron chi connectivity index (χ0n) is 12.8. The van der Waals surface area contributed by atoms with Gasteiger partial charge in [-0.3, -0.25) is 0 Å². The van der Waals surface area contributed by atoms with Gasteiger partial charge >= 0.3 is 0 Å².